The number of fused-ring (bicyclic) bond motifs is 16. The van der Waals surface area contributed by atoms with E-state index in [1.807, 2.05) is 0 Å². The summed E-state index contributed by atoms with van der Waals surface area (Å²) in [6.07, 6.45) is 8.74. The van der Waals surface area contributed by atoms with Crippen LogP contribution in [0.3, 0.4) is 0 Å². The topological polar surface area (TPSA) is 49.0 Å². The molecule has 8 heterocycles. The summed E-state index contributed by atoms with van der Waals surface area (Å²) >= 11 is 0. The third-order valence-electron chi connectivity index (χ3n) is 30.9. The molecule has 0 aromatic heterocycles. The van der Waals surface area contributed by atoms with Gasteiger partial charge in [-0.15, -0.1) is 27.3 Å². The van der Waals surface area contributed by atoms with Crippen molar-refractivity contribution >= 4 is 128 Å². The molecular formula is C136H144N6O4P2+8. The van der Waals surface area contributed by atoms with Gasteiger partial charge in [0.25, 0.3) is 22.7 Å². The lowest BCUT2D eigenvalue weighted by atomic mass is 9.79. The van der Waals surface area contributed by atoms with E-state index in [0.717, 1.165) is 34.1 Å². The number of hydrogen-bond acceptors (Lipinski definition) is 4. The van der Waals surface area contributed by atoms with Crippen LogP contribution < -0.4 is 59.7 Å². The zero-order valence-electron chi connectivity index (χ0n) is 90.8. The summed E-state index contributed by atoms with van der Waals surface area (Å²) in [6, 6.07) is 141. The third kappa shape index (κ3) is 17.0. The van der Waals surface area contributed by atoms with Gasteiger partial charge in [0.05, 0.1) is 22.3 Å². The van der Waals surface area contributed by atoms with Crippen molar-refractivity contribution in [3.05, 3.63) is 455 Å². The standard InChI is InChI=1S/2C34H36N2O.2C34H36NOP/c2*1-33(2,3)25-21-24-23-35-29-19-13-14-20-30(29)36(26-15-9-7-10-16-26,27-17-11-8-12-18-27)32(35)37-31(24)28(22-25)34(4,5)6;2*1-33(2,3)25-21-24-23-35-29-19-13-14-20-30(29)37(26-15-9-7-10-16-26,27-17-11-8-12-18-27)32(35)36-31(24)28(22-25)34(4,5)6/h4*7-23,32H,1-6H3/q4*+2. The van der Waals surface area contributed by atoms with Crippen molar-refractivity contribution in [2.24, 2.45) is 0 Å². The molecule has 16 aromatic carbocycles. The van der Waals surface area contributed by atoms with Crippen LogP contribution in [0.4, 0.5) is 56.9 Å². The van der Waals surface area contributed by atoms with E-state index < -0.39 is 14.5 Å². The fraction of sp³-hybridized carbons (Fsp3) is 0.265. The molecule has 0 saturated heterocycles. The van der Waals surface area contributed by atoms with Crippen LogP contribution in [0.15, 0.2) is 388 Å². The number of quaternary nitrogens is 2. The Morgan fingerprint density at radius 2 is 0.405 bits per heavy atom. The van der Waals surface area contributed by atoms with Gasteiger partial charge in [0, 0.05) is 107 Å². The highest BCUT2D eigenvalue weighted by Gasteiger charge is 2.73. The monoisotopic (exact) mass is 1990 g/mol. The van der Waals surface area contributed by atoms with Gasteiger partial charge in [0.15, 0.2) is 58.2 Å². The Morgan fingerprint density at radius 3 is 0.642 bits per heavy atom. The number of ether oxygens (including phenoxy) is 4. The first-order chi connectivity index (χ1) is 70.5. The van der Waals surface area contributed by atoms with E-state index in [1.165, 1.54) is 144 Å². The van der Waals surface area contributed by atoms with Gasteiger partial charge in [-0.25, -0.2) is 0 Å². The molecule has 0 fully saturated rings. The van der Waals surface area contributed by atoms with Crippen LogP contribution in [0.2, 0.25) is 0 Å². The molecule has 8 aliphatic rings. The van der Waals surface area contributed by atoms with Crippen molar-refractivity contribution in [3.8, 4) is 23.0 Å². The van der Waals surface area contributed by atoms with E-state index in [4.69, 9.17) is 18.9 Å². The van der Waals surface area contributed by atoms with Crippen LogP contribution in [0.1, 0.15) is 233 Å². The van der Waals surface area contributed by atoms with Crippen LogP contribution in [0.5, 0.6) is 23.0 Å². The molecule has 0 amide bonds. The molecule has 8 aliphatic heterocycles. The van der Waals surface area contributed by atoms with Crippen LogP contribution >= 0.6 is 14.5 Å². The molecule has 0 bridgehead atoms. The second-order valence-corrected chi connectivity index (χ2v) is 56.0. The lowest BCUT2D eigenvalue weighted by molar-refractivity contribution is -0.534. The summed E-state index contributed by atoms with van der Waals surface area (Å²) in [7, 11) is -4.35. The maximum atomic E-state index is 7.33. The number of nitrogens with zero attached hydrogens (tertiary/aromatic N) is 6. The maximum absolute atomic E-state index is 7.33. The summed E-state index contributed by atoms with van der Waals surface area (Å²) in [6.45, 7) is 54.9. The van der Waals surface area contributed by atoms with Gasteiger partial charge < -0.3 is 18.9 Å². The zero-order chi connectivity index (χ0) is 104. The molecule has 0 saturated carbocycles. The van der Waals surface area contributed by atoms with Gasteiger partial charge >= 0.3 is 24.6 Å². The van der Waals surface area contributed by atoms with E-state index in [2.05, 4.69) is 598 Å². The van der Waals surface area contributed by atoms with E-state index in [9.17, 15) is 0 Å². The van der Waals surface area contributed by atoms with Gasteiger partial charge in [-0.1, -0.05) is 385 Å². The van der Waals surface area contributed by atoms with Gasteiger partial charge in [0.1, 0.15) is 44.2 Å². The maximum Gasteiger partial charge on any atom is 0.459 e. The van der Waals surface area contributed by atoms with E-state index in [-0.39, 0.29) is 68.0 Å². The number of benzene rings is 16. The highest BCUT2D eigenvalue weighted by atomic mass is 31.2. The van der Waals surface area contributed by atoms with Crippen LogP contribution in [0, 0.1) is 0 Å². The third-order valence-corrected chi connectivity index (χ3v) is 39.7. The van der Waals surface area contributed by atoms with Crippen LogP contribution in [0.25, 0.3) is 0 Å². The SMILES string of the molecule is CC(C)(C)c1cc2c(c(C(C)(C)C)c1)OC1[N+](=C2)c2ccccc2[N+]1(c1ccccc1)c1ccccc1.CC(C)(C)c1cc2c(c(C(C)(C)C)c1)OC1[N+](=C2)c2ccccc2[N+]1(c1ccccc1)c1ccccc1.CC(C)(C)c1cc2c(c(C(C)(C)C)c1)OC1[N+](=C2)c2ccccc2[P+]1(c1ccccc1)c1ccccc1.CC(C)(C)c1cc2c(c(C(C)(C)C)c1)OC1[N+](=C2)c2ccccc2[P+]1(c1ccccc1)c1ccccc1. The molecule has 0 aliphatic carbocycles. The van der Waals surface area contributed by atoms with Gasteiger partial charge in [0.2, 0.25) is 25.9 Å². The average Bonchev–Trinajstić information content (AvgIpc) is 1.54. The summed E-state index contributed by atoms with van der Waals surface area (Å²) in [5, 5.41) is 8.16. The first-order valence-electron chi connectivity index (χ1n) is 52.8. The molecule has 12 heteroatoms. The second kappa shape index (κ2) is 37.2. The quantitative estimate of drug-likeness (QED) is 0.0864. The molecule has 4 unspecified atom stereocenters. The molecule has 0 N–H and O–H groups in total. The molecule has 148 heavy (non-hydrogen) atoms. The molecule has 16 aromatic rings. The Balaban J connectivity index is 0.000000116. The lowest BCUT2D eigenvalue weighted by Gasteiger charge is -2.36. The molecule has 0 spiro atoms. The van der Waals surface area contributed by atoms with Crippen molar-refractivity contribution in [1.82, 2.24) is 8.97 Å². The number of hydrogen-bond donors (Lipinski definition) is 0. The first kappa shape index (κ1) is 100. The van der Waals surface area contributed by atoms with Gasteiger partial charge in [-0.3, -0.25) is 0 Å². The Kier molecular flexibility index (Phi) is 25.1. The van der Waals surface area contributed by atoms with Crippen LogP contribution in [-0.2, 0) is 43.3 Å². The fourth-order valence-electron chi connectivity index (χ4n) is 23.2. The minimum Gasteiger partial charge on any atom is -0.403 e. The normalized spacial score (nSPS) is 17.8. The lowest BCUT2D eigenvalue weighted by Crippen LogP contribution is -2.53. The predicted molar refractivity (Wildman–Crippen MR) is 625 cm³/mol. The molecule has 0 radical (unpaired) electrons. The summed E-state index contributed by atoms with van der Waals surface area (Å²) in [5.41, 5.74) is 26.9. The van der Waals surface area contributed by atoms with Crippen molar-refractivity contribution < 1.29 is 37.2 Å². The molecule has 24 rings (SSSR count). The minimum absolute atomic E-state index is 0.0382. The Labute approximate surface area is 880 Å². The van der Waals surface area contributed by atoms with Crippen molar-refractivity contribution in [2.45, 2.75) is 234 Å². The minimum atomic E-state index is -2.17. The van der Waals surface area contributed by atoms with Crippen LogP contribution in [-0.4, -0.2) is 67.8 Å². The van der Waals surface area contributed by atoms with E-state index in [1.54, 1.807) is 0 Å². The van der Waals surface area contributed by atoms with Crippen molar-refractivity contribution in [1.29, 1.82) is 0 Å². The molecular weight excluding hydrogens is 1840 g/mol. The molecule has 4 atom stereocenters. The smallest absolute Gasteiger partial charge is 0.403 e. The summed E-state index contributed by atoms with van der Waals surface area (Å²) < 4.78 is 39.6. The Morgan fingerprint density at radius 1 is 0.203 bits per heavy atom. The van der Waals surface area contributed by atoms with Crippen molar-refractivity contribution in [2.75, 3.05) is 0 Å². The van der Waals surface area contributed by atoms with Gasteiger partial charge in [-0.2, -0.15) is 0 Å². The summed E-state index contributed by atoms with van der Waals surface area (Å²) in [4.78, 5) is 0. The molecule has 744 valence electrons. The fourth-order valence-corrected chi connectivity index (χ4v) is 32.4. The number of rotatable bonds is 8. The largest absolute Gasteiger partial charge is 0.459 e. The molecule has 10 nitrogen and oxygen atoms in total. The van der Waals surface area contributed by atoms with E-state index in [0.29, 0.717) is 8.97 Å². The zero-order valence-corrected chi connectivity index (χ0v) is 92.6. The first-order valence-corrected chi connectivity index (χ1v) is 56.5. The second-order valence-electron chi connectivity index (χ2n) is 49.2. The van der Waals surface area contributed by atoms with E-state index >= 15 is 0 Å². The van der Waals surface area contributed by atoms with Crippen molar-refractivity contribution in [3.63, 3.8) is 0 Å². The predicted octanol–water partition coefficient (Wildman–Crippen LogP) is 31.5. The highest BCUT2D eigenvalue weighted by molar-refractivity contribution is 7.97. The summed E-state index contributed by atoms with van der Waals surface area (Å²) in [5.74, 6) is 3.77. The van der Waals surface area contributed by atoms with Gasteiger partial charge in [-0.05, 0) is 151 Å². The number of para-hydroxylation sites is 10. The average molecular weight is 1990 g/mol. The Hall–Kier alpha value is -13.8. The Bertz CT molecular complexity index is 6810. The highest BCUT2D eigenvalue weighted by Crippen LogP contribution is 2.70.